The Kier molecular flexibility index (Phi) is 5.41. The highest BCUT2D eigenvalue weighted by molar-refractivity contribution is 5.81. The van der Waals surface area contributed by atoms with Gasteiger partial charge in [0, 0.05) is 19.1 Å². The van der Waals surface area contributed by atoms with Crippen LogP contribution in [0.4, 0.5) is 0 Å². The lowest BCUT2D eigenvalue weighted by Crippen LogP contribution is -2.41. The first-order valence-corrected chi connectivity index (χ1v) is 6.14. The molecule has 1 aliphatic rings. The Bertz CT molecular complexity index is 280. The molecule has 1 aliphatic heterocycles. The molecule has 98 valence electrons. The summed E-state index contributed by atoms with van der Waals surface area (Å²) >= 11 is 0. The lowest BCUT2D eigenvalue weighted by molar-refractivity contribution is -0.137. The number of carbonyl (C=O) groups is 2. The predicted molar refractivity (Wildman–Crippen MR) is 62.6 cm³/mol. The summed E-state index contributed by atoms with van der Waals surface area (Å²) in [7, 11) is 0. The Labute approximate surface area is 102 Å². The van der Waals surface area contributed by atoms with Gasteiger partial charge in [0.25, 0.3) is 0 Å². The minimum atomic E-state index is -0.795. The van der Waals surface area contributed by atoms with Crippen LogP contribution in [0.3, 0.4) is 0 Å². The van der Waals surface area contributed by atoms with Crippen molar-refractivity contribution >= 4 is 11.9 Å². The van der Waals surface area contributed by atoms with Crippen LogP contribution in [0.2, 0.25) is 0 Å². The maximum atomic E-state index is 11.8. The van der Waals surface area contributed by atoms with Crippen molar-refractivity contribution in [3.63, 3.8) is 0 Å². The van der Waals surface area contributed by atoms with E-state index in [2.05, 4.69) is 5.32 Å². The van der Waals surface area contributed by atoms with Crippen LogP contribution in [-0.2, 0) is 14.3 Å². The highest BCUT2D eigenvalue weighted by Crippen LogP contribution is 2.20. The molecule has 1 fully saturated rings. The van der Waals surface area contributed by atoms with E-state index in [1.807, 2.05) is 13.8 Å². The monoisotopic (exact) mass is 243 g/mol. The number of carboxylic acid groups (broad SMARTS) is 1. The van der Waals surface area contributed by atoms with Crippen LogP contribution in [-0.4, -0.2) is 35.7 Å². The molecule has 2 N–H and O–H groups in total. The largest absolute Gasteiger partial charge is 0.481 e. The van der Waals surface area contributed by atoms with Crippen LogP contribution in [0.1, 0.15) is 39.5 Å². The first kappa shape index (κ1) is 14.0. The lowest BCUT2D eigenvalue weighted by Gasteiger charge is -2.18. The number of rotatable bonds is 6. The zero-order chi connectivity index (χ0) is 12.8. The van der Waals surface area contributed by atoms with Crippen molar-refractivity contribution in [3.8, 4) is 0 Å². The molecule has 0 spiro atoms. The summed E-state index contributed by atoms with van der Waals surface area (Å²) in [6.07, 6.45) is 2.00. The van der Waals surface area contributed by atoms with E-state index in [0.29, 0.717) is 19.4 Å². The van der Waals surface area contributed by atoms with Crippen molar-refractivity contribution in [2.75, 3.05) is 6.61 Å². The average Bonchev–Trinajstić information content (AvgIpc) is 2.63. The fraction of sp³-hybridized carbons (Fsp3) is 0.833. The minimum absolute atomic E-state index is 0.00162. The summed E-state index contributed by atoms with van der Waals surface area (Å²) in [6.45, 7) is 4.54. The van der Waals surface area contributed by atoms with Crippen molar-refractivity contribution in [1.82, 2.24) is 5.32 Å². The lowest BCUT2D eigenvalue weighted by atomic mass is 10.0. The van der Waals surface area contributed by atoms with Crippen molar-refractivity contribution in [3.05, 3.63) is 0 Å². The molecule has 1 rings (SSSR count). The molecule has 3 atom stereocenters. The maximum Gasteiger partial charge on any atom is 0.303 e. The summed E-state index contributed by atoms with van der Waals surface area (Å²) in [5, 5.41) is 11.4. The third kappa shape index (κ3) is 4.73. The highest BCUT2D eigenvalue weighted by atomic mass is 16.5. The van der Waals surface area contributed by atoms with Crippen LogP contribution in [0.15, 0.2) is 0 Å². The molecule has 1 saturated heterocycles. The van der Waals surface area contributed by atoms with Gasteiger partial charge in [-0.3, -0.25) is 9.59 Å². The van der Waals surface area contributed by atoms with Crippen LogP contribution >= 0.6 is 0 Å². The number of carboxylic acids is 1. The smallest absolute Gasteiger partial charge is 0.303 e. The minimum Gasteiger partial charge on any atom is -0.481 e. The number of nitrogens with one attached hydrogen (secondary N) is 1. The van der Waals surface area contributed by atoms with Gasteiger partial charge in [-0.2, -0.15) is 0 Å². The number of aliphatic carboxylic acids is 1. The molecule has 0 aromatic rings. The molecule has 0 aromatic carbocycles. The fourth-order valence-corrected chi connectivity index (χ4v) is 1.99. The van der Waals surface area contributed by atoms with E-state index in [1.54, 1.807) is 0 Å². The van der Waals surface area contributed by atoms with Gasteiger partial charge in [-0.15, -0.1) is 0 Å². The predicted octanol–water partition coefficient (Wildman–Crippen LogP) is 1.17. The summed E-state index contributed by atoms with van der Waals surface area (Å²) in [6, 6.07) is -0.00162. The number of hydrogen-bond acceptors (Lipinski definition) is 3. The van der Waals surface area contributed by atoms with E-state index in [9.17, 15) is 9.59 Å². The molecule has 5 heteroatoms. The normalized spacial score (nSPS) is 25.5. The number of carbonyl (C=O) groups excluding carboxylic acids is 1. The molecule has 0 bridgehead atoms. The Morgan fingerprint density at radius 2 is 2.24 bits per heavy atom. The zero-order valence-electron chi connectivity index (χ0n) is 10.4. The number of amides is 1. The second-order valence-electron chi connectivity index (χ2n) is 4.75. The van der Waals surface area contributed by atoms with Gasteiger partial charge in [0.05, 0.1) is 0 Å². The van der Waals surface area contributed by atoms with Gasteiger partial charge in [-0.05, 0) is 32.1 Å². The SMILES string of the molecule is CC(CCCC(=O)O)NC(=O)C1OCCC1C. The fourth-order valence-electron chi connectivity index (χ4n) is 1.99. The van der Waals surface area contributed by atoms with Gasteiger partial charge >= 0.3 is 5.97 Å². The Morgan fingerprint density at radius 3 is 2.76 bits per heavy atom. The molecule has 1 heterocycles. The Hall–Kier alpha value is -1.10. The van der Waals surface area contributed by atoms with Gasteiger partial charge in [-0.1, -0.05) is 6.92 Å². The third-order valence-corrected chi connectivity index (χ3v) is 3.06. The van der Waals surface area contributed by atoms with Crippen LogP contribution in [0.25, 0.3) is 0 Å². The van der Waals surface area contributed by atoms with E-state index >= 15 is 0 Å². The van der Waals surface area contributed by atoms with Gasteiger partial charge in [0.15, 0.2) is 0 Å². The third-order valence-electron chi connectivity index (χ3n) is 3.06. The highest BCUT2D eigenvalue weighted by Gasteiger charge is 2.31. The molecule has 1 amide bonds. The number of hydrogen-bond donors (Lipinski definition) is 2. The average molecular weight is 243 g/mol. The van der Waals surface area contributed by atoms with E-state index in [-0.39, 0.29) is 30.4 Å². The summed E-state index contributed by atoms with van der Waals surface area (Å²) in [5.41, 5.74) is 0. The first-order chi connectivity index (χ1) is 8.00. The molecule has 3 unspecified atom stereocenters. The molecule has 5 nitrogen and oxygen atoms in total. The summed E-state index contributed by atoms with van der Waals surface area (Å²) in [4.78, 5) is 22.2. The standard InChI is InChI=1S/C12H21NO4/c1-8-6-7-17-11(8)12(16)13-9(2)4-3-5-10(14)15/h8-9,11H,3-7H2,1-2H3,(H,13,16)(H,14,15). The zero-order valence-corrected chi connectivity index (χ0v) is 10.4. The summed E-state index contributed by atoms with van der Waals surface area (Å²) < 4.78 is 5.36. The Balaban J connectivity index is 2.23. The maximum absolute atomic E-state index is 11.8. The van der Waals surface area contributed by atoms with Crippen molar-refractivity contribution < 1.29 is 19.4 Å². The van der Waals surface area contributed by atoms with Gasteiger partial charge in [0.2, 0.25) is 5.91 Å². The van der Waals surface area contributed by atoms with Crippen LogP contribution in [0, 0.1) is 5.92 Å². The van der Waals surface area contributed by atoms with Crippen molar-refractivity contribution in [1.29, 1.82) is 0 Å². The van der Waals surface area contributed by atoms with Gasteiger partial charge < -0.3 is 15.2 Å². The second kappa shape index (κ2) is 6.59. The molecule has 0 saturated carbocycles. The summed E-state index contributed by atoms with van der Waals surface area (Å²) in [5.74, 6) is -0.602. The van der Waals surface area contributed by atoms with Crippen molar-refractivity contribution in [2.45, 2.75) is 51.7 Å². The first-order valence-electron chi connectivity index (χ1n) is 6.14. The molecule has 0 aromatic heterocycles. The van der Waals surface area contributed by atoms with Crippen LogP contribution < -0.4 is 5.32 Å². The number of ether oxygens (including phenoxy) is 1. The van der Waals surface area contributed by atoms with Gasteiger partial charge in [-0.25, -0.2) is 0 Å². The van der Waals surface area contributed by atoms with Crippen LogP contribution in [0.5, 0.6) is 0 Å². The van der Waals surface area contributed by atoms with Gasteiger partial charge in [0.1, 0.15) is 6.10 Å². The van der Waals surface area contributed by atoms with E-state index < -0.39 is 5.97 Å². The quantitative estimate of drug-likeness (QED) is 0.734. The second-order valence-corrected chi connectivity index (χ2v) is 4.75. The molecular weight excluding hydrogens is 222 g/mol. The Morgan fingerprint density at radius 1 is 1.53 bits per heavy atom. The molecular formula is C12H21NO4. The van der Waals surface area contributed by atoms with E-state index in [1.165, 1.54) is 0 Å². The molecule has 0 aliphatic carbocycles. The topological polar surface area (TPSA) is 75.6 Å². The molecule has 17 heavy (non-hydrogen) atoms. The van der Waals surface area contributed by atoms with E-state index in [4.69, 9.17) is 9.84 Å². The van der Waals surface area contributed by atoms with Crippen molar-refractivity contribution in [2.24, 2.45) is 5.92 Å². The van der Waals surface area contributed by atoms with E-state index in [0.717, 1.165) is 6.42 Å². The molecule has 0 radical (unpaired) electrons.